The lowest BCUT2D eigenvalue weighted by Crippen LogP contribution is -2.15. The van der Waals surface area contributed by atoms with Crippen LogP contribution in [0.5, 0.6) is 0 Å². The second-order valence-corrected chi connectivity index (χ2v) is 5.14. The van der Waals surface area contributed by atoms with Gasteiger partial charge >= 0.3 is 11.7 Å². The number of hydrogen-bond donors (Lipinski definition) is 2. The third-order valence-electron chi connectivity index (χ3n) is 3.36. The molecule has 0 bridgehead atoms. The zero-order chi connectivity index (χ0) is 15.1. The van der Waals surface area contributed by atoms with E-state index in [0.717, 1.165) is 5.56 Å². The van der Waals surface area contributed by atoms with Crippen molar-refractivity contribution in [1.82, 2.24) is 9.55 Å². The molecule has 0 spiro atoms. The number of rotatable bonds is 2. The Morgan fingerprint density at radius 3 is 2.76 bits per heavy atom. The van der Waals surface area contributed by atoms with Crippen molar-refractivity contribution in [2.75, 3.05) is 0 Å². The molecule has 0 atom stereocenters. The normalized spacial score (nSPS) is 11.0. The van der Waals surface area contributed by atoms with Crippen LogP contribution in [0.3, 0.4) is 0 Å². The molecule has 2 aromatic carbocycles. The molecule has 0 fully saturated rings. The molecule has 0 amide bonds. The Kier molecular flexibility index (Phi) is 3.07. The first-order chi connectivity index (χ1) is 9.99. The molecule has 0 unspecified atom stereocenters. The molecule has 21 heavy (non-hydrogen) atoms. The molecule has 0 aliphatic carbocycles. The quantitative estimate of drug-likeness (QED) is 0.764. The number of aromatic nitrogens is 2. The van der Waals surface area contributed by atoms with Crippen LogP contribution in [0, 0.1) is 6.92 Å². The van der Waals surface area contributed by atoms with Crippen molar-refractivity contribution < 1.29 is 9.90 Å². The molecule has 1 heterocycles. The molecule has 0 saturated carbocycles. The number of nitrogens with zero attached hydrogens (tertiary/aromatic N) is 1. The van der Waals surface area contributed by atoms with Crippen LogP contribution in [-0.2, 0) is 0 Å². The smallest absolute Gasteiger partial charge is 0.337 e. The molecule has 2 N–H and O–H groups in total. The van der Waals surface area contributed by atoms with Crippen molar-refractivity contribution in [3.05, 3.63) is 63.0 Å². The number of fused-ring (bicyclic) bond motifs is 1. The zero-order valence-corrected chi connectivity index (χ0v) is 11.8. The van der Waals surface area contributed by atoms with Crippen LogP contribution in [0.25, 0.3) is 16.7 Å². The van der Waals surface area contributed by atoms with Gasteiger partial charge in [-0.05, 0) is 36.8 Å². The minimum absolute atomic E-state index is 0.0584. The van der Waals surface area contributed by atoms with E-state index >= 15 is 0 Å². The fourth-order valence-electron chi connectivity index (χ4n) is 2.37. The lowest BCUT2D eigenvalue weighted by Gasteiger charge is -2.08. The van der Waals surface area contributed by atoms with Crippen LogP contribution in [0.4, 0.5) is 0 Å². The van der Waals surface area contributed by atoms with E-state index in [-0.39, 0.29) is 5.56 Å². The van der Waals surface area contributed by atoms with Crippen molar-refractivity contribution in [1.29, 1.82) is 0 Å². The number of carboxylic acids is 1. The third kappa shape index (κ3) is 2.11. The Morgan fingerprint density at radius 1 is 1.29 bits per heavy atom. The van der Waals surface area contributed by atoms with Crippen LogP contribution in [0.15, 0.2) is 41.2 Å². The fraction of sp³-hybridized carbons (Fsp3) is 0.0667. The van der Waals surface area contributed by atoms with Crippen LogP contribution < -0.4 is 5.69 Å². The average molecular weight is 303 g/mol. The lowest BCUT2D eigenvalue weighted by atomic mass is 10.1. The maximum atomic E-state index is 12.2. The predicted molar refractivity (Wildman–Crippen MR) is 80.6 cm³/mol. The fourth-order valence-corrected chi connectivity index (χ4v) is 2.54. The second-order valence-electron chi connectivity index (χ2n) is 4.70. The van der Waals surface area contributed by atoms with E-state index in [1.807, 2.05) is 13.0 Å². The number of aromatic carboxylic acids is 1. The Morgan fingerprint density at radius 2 is 2.05 bits per heavy atom. The first kappa shape index (κ1) is 13.5. The maximum absolute atomic E-state index is 12.2. The summed E-state index contributed by atoms with van der Waals surface area (Å²) >= 11 is 6.00. The summed E-state index contributed by atoms with van der Waals surface area (Å²) in [5.41, 5.74) is 1.95. The molecule has 6 heteroatoms. The maximum Gasteiger partial charge on any atom is 0.337 e. The van der Waals surface area contributed by atoms with E-state index in [1.54, 1.807) is 24.3 Å². The van der Waals surface area contributed by atoms with Crippen LogP contribution in [0.1, 0.15) is 15.9 Å². The Hall–Kier alpha value is -2.53. The molecule has 1 aromatic heterocycles. The summed E-state index contributed by atoms with van der Waals surface area (Å²) in [6.45, 7) is 1.86. The van der Waals surface area contributed by atoms with Gasteiger partial charge in [-0.3, -0.25) is 4.57 Å². The molecule has 0 aliphatic rings. The monoisotopic (exact) mass is 302 g/mol. The van der Waals surface area contributed by atoms with E-state index in [0.29, 0.717) is 21.7 Å². The topological polar surface area (TPSA) is 75.1 Å². The molecule has 0 saturated heterocycles. The number of halogens is 1. The van der Waals surface area contributed by atoms with Crippen molar-refractivity contribution in [3.8, 4) is 5.69 Å². The number of carbonyl (C=O) groups is 1. The van der Waals surface area contributed by atoms with E-state index in [1.165, 1.54) is 10.6 Å². The van der Waals surface area contributed by atoms with Gasteiger partial charge in [-0.1, -0.05) is 23.7 Å². The number of benzene rings is 2. The van der Waals surface area contributed by atoms with Gasteiger partial charge < -0.3 is 10.1 Å². The van der Waals surface area contributed by atoms with Crippen molar-refractivity contribution >= 4 is 28.6 Å². The number of carboxylic acid groups (broad SMARTS) is 1. The highest BCUT2D eigenvalue weighted by molar-refractivity contribution is 6.30. The number of hydrogen-bond acceptors (Lipinski definition) is 2. The van der Waals surface area contributed by atoms with Gasteiger partial charge in [0.15, 0.2) is 0 Å². The average Bonchev–Trinajstić information content (AvgIpc) is 2.77. The zero-order valence-electron chi connectivity index (χ0n) is 11.1. The van der Waals surface area contributed by atoms with Crippen molar-refractivity contribution in [2.45, 2.75) is 6.92 Å². The molecule has 3 aromatic rings. The van der Waals surface area contributed by atoms with Gasteiger partial charge in [-0.15, -0.1) is 0 Å². The van der Waals surface area contributed by atoms with E-state index in [9.17, 15) is 14.7 Å². The minimum atomic E-state index is -1.09. The van der Waals surface area contributed by atoms with Gasteiger partial charge in [0.25, 0.3) is 0 Å². The highest BCUT2D eigenvalue weighted by Crippen LogP contribution is 2.23. The van der Waals surface area contributed by atoms with Crippen LogP contribution in [0.2, 0.25) is 5.02 Å². The number of H-pyrrole nitrogens is 1. The van der Waals surface area contributed by atoms with Gasteiger partial charge in [0, 0.05) is 5.02 Å². The summed E-state index contributed by atoms with van der Waals surface area (Å²) in [5.74, 6) is -1.09. The largest absolute Gasteiger partial charge is 0.478 e. The predicted octanol–water partition coefficient (Wildman–Crippen LogP) is 2.98. The molecular formula is C15H11ClN2O3. The molecule has 3 rings (SSSR count). The SMILES string of the molecule is Cc1ccc(Cl)cc1-n1c(=O)[nH]c2c(C(=O)O)cccc21. The first-order valence-electron chi connectivity index (χ1n) is 6.22. The Balaban J connectivity index is 2.42. The van der Waals surface area contributed by atoms with Crippen LogP contribution >= 0.6 is 11.6 Å². The second kappa shape index (κ2) is 4.79. The summed E-state index contributed by atoms with van der Waals surface area (Å²) in [6, 6.07) is 9.98. The summed E-state index contributed by atoms with van der Waals surface area (Å²) in [4.78, 5) is 26.1. The minimum Gasteiger partial charge on any atom is -0.478 e. The highest BCUT2D eigenvalue weighted by Gasteiger charge is 2.16. The number of aromatic amines is 1. The van der Waals surface area contributed by atoms with Gasteiger partial charge in [0.05, 0.1) is 22.3 Å². The number of nitrogens with one attached hydrogen (secondary N) is 1. The van der Waals surface area contributed by atoms with E-state index in [4.69, 9.17) is 11.6 Å². The van der Waals surface area contributed by atoms with E-state index in [2.05, 4.69) is 4.98 Å². The van der Waals surface area contributed by atoms with Crippen LogP contribution in [-0.4, -0.2) is 20.6 Å². The Bertz CT molecular complexity index is 924. The van der Waals surface area contributed by atoms with Gasteiger partial charge in [-0.2, -0.15) is 0 Å². The van der Waals surface area contributed by atoms with E-state index < -0.39 is 11.7 Å². The summed E-state index contributed by atoms with van der Waals surface area (Å²) in [7, 11) is 0. The van der Waals surface area contributed by atoms with Crippen molar-refractivity contribution in [2.24, 2.45) is 0 Å². The molecule has 0 radical (unpaired) electrons. The number of para-hydroxylation sites is 1. The lowest BCUT2D eigenvalue weighted by molar-refractivity contribution is 0.0699. The first-order valence-corrected chi connectivity index (χ1v) is 6.60. The van der Waals surface area contributed by atoms with Gasteiger partial charge in [0.2, 0.25) is 0 Å². The Labute approximate surface area is 124 Å². The number of aryl methyl sites for hydroxylation is 1. The summed E-state index contributed by atoms with van der Waals surface area (Å²) in [6.07, 6.45) is 0. The summed E-state index contributed by atoms with van der Waals surface area (Å²) < 4.78 is 1.43. The highest BCUT2D eigenvalue weighted by atomic mass is 35.5. The number of imidazole rings is 1. The summed E-state index contributed by atoms with van der Waals surface area (Å²) in [5, 5.41) is 9.71. The molecule has 0 aliphatic heterocycles. The molecular weight excluding hydrogens is 292 g/mol. The van der Waals surface area contributed by atoms with Crippen molar-refractivity contribution in [3.63, 3.8) is 0 Å². The molecule has 106 valence electrons. The van der Waals surface area contributed by atoms with Gasteiger partial charge in [0.1, 0.15) is 0 Å². The standard InChI is InChI=1S/C15H11ClN2O3/c1-8-5-6-9(16)7-12(8)18-11-4-2-3-10(14(19)20)13(11)17-15(18)21/h2-7H,1H3,(H,17,21)(H,19,20). The molecule has 5 nitrogen and oxygen atoms in total. The third-order valence-corrected chi connectivity index (χ3v) is 3.60. The van der Waals surface area contributed by atoms with Gasteiger partial charge in [-0.25, -0.2) is 9.59 Å².